The molecular weight excluding hydrogens is 426 g/mol. The fraction of sp³-hybridized carbons (Fsp3) is 0.0345. The maximum Gasteiger partial charge on any atom is 0.344 e. The molecule has 5 rings (SSSR count). The van der Waals surface area contributed by atoms with Crippen LogP contribution in [0.2, 0.25) is 0 Å². The van der Waals surface area contributed by atoms with Gasteiger partial charge in [-0.1, -0.05) is 66.7 Å². The first-order chi connectivity index (χ1) is 16.6. The van der Waals surface area contributed by atoms with E-state index in [1.807, 2.05) is 60.7 Å². The van der Waals surface area contributed by atoms with Crippen LogP contribution in [0.25, 0.3) is 33.2 Å². The van der Waals surface area contributed by atoms with Crippen LogP contribution < -0.4 is 15.7 Å². The molecule has 166 valence electrons. The number of para-hydroxylation sites is 1. The van der Waals surface area contributed by atoms with Gasteiger partial charge < -0.3 is 14.5 Å². The molecule has 5 heteroatoms. The molecule has 0 fully saturated rings. The summed E-state index contributed by atoms with van der Waals surface area (Å²) in [5.41, 5.74) is 4.19. The lowest BCUT2D eigenvalue weighted by Crippen LogP contribution is -2.13. The van der Waals surface area contributed by atoms with Crippen molar-refractivity contribution >= 4 is 22.6 Å². The Morgan fingerprint density at radius 2 is 1.44 bits per heavy atom. The molecule has 0 aliphatic rings. The predicted molar refractivity (Wildman–Crippen MR) is 134 cm³/mol. The van der Waals surface area contributed by atoms with E-state index in [0.717, 1.165) is 16.5 Å². The molecule has 1 heterocycles. The zero-order valence-corrected chi connectivity index (χ0v) is 18.4. The molecule has 0 unspecified atom stereocenters. The quantitative estimate of drug-likeness (QED) is 0.317. The van der Waals surface area contributed by atoms with Crippen LogP contribution in [0.5, 0.6) is 5.75 Å². The minimum Gasteiger partial charge on any atom is -0.495 e. The second-order valence-corrected chi connectivity index (χ2v) is 7.80. The molecule has 4 aromatic carbocycles. The topological polar surface area (TPSA) is 68.5 Å². The Kier molecular flexibility index (Phi) is 5.67. The number of benzene rings is 4. The molecule has 1 aromatic heterocycles. The van der Waals surface area contributed by atoms with Crippen molar-refractivity contribution in [2.24, 2.45) is 0 Å². The fourth-order valence-electron chi connectivity index (χ4n) is 3.88. The Bertz CT molecular complexity index is 1540. The Hall–Kier alpha value is -4.64. The molecule has 5 nitrogen and oxygen atoms in total. The number of rotatable bonds is 5. The van der Waals surface area contributed by atoms with E-state index in [4.69, 9.17) is 9.15 Å². The van der Waals surface area contributed by atoms with Crippen molar-refractivity contribution in [1.29, 1.82) is 0 Å². The summed E-state index contributed by atoms with van der Waals surface area (Å²) in [6.45, 7) is 0. The molecule has 5 aromatic rings. The summed E-state index contributed by atoms with van der Waals surface area (Å²) < 4.78 is 10.9. The molecule has 0 saturated heterocycles. The number of anilines is 1. The average molecular weight is 447 g/mol. The molecule has 0 saturated carbocycles. The zero-order chi connectivity index (χ0) is 23.5. The maximum atomic E-state index is 13.0. The standard InChI is InChI=1S/C29H21NO4/c1-33-27-16-15-22(24-17-23-9-5-6-10-26(23)34-29(24)32)18-25(27)30-28(31)21-13-11-20(12-14-21)19-7-3-2-4-8-19/h2-18H,1H3,(H,30,31). The van der Waals surface area contributed by atoms with Crippen molar-refractivity contribution in [1.82, 2.24) is 0 Å². The van der Waals surface area contributed by atoms with Gasteiger partial charge in [0.15, 0.2) is 0 Å². The summed E-state index contributed by atoms with van der Waals surface area (Å²) in [6, 6.07) is 31.7. The Labute approximate surface area is 196 Å². The number of hydrogen-bond donors (Lipinski definition) is 1. The number of hydrogen-bond acceptors (Lipinski definition) is 4. The first-order valence-electron chi connectivity index (χ1n) is 10.8. The van der Waals surface area contributed by atoms with E-state index >= 15 is 0 Å². The van der Waals surface area contributed by atoms with Crippen molar-refractivity contribution in [2.45, 2.75) is 0 Å². The van der Waals surface area contributed by atoms with Crippen LogP contribution >= 0.6 is 0 Å². The third-order valence-corrected chi connectivity index (χ3v) is 5.65. The first kappa shape index (κ1) is 21.2. The molecule has 0 aliphatic carbocycles. The SMILES string of the molecule is COc1ccc(-c2cc3ccccc3oc2=O)cc1NC(=O)c1ccc(-c2ccccc2)cc1. The minimum absolute atomic E-state index is 0.277. The lowest BCUT2D eigenvalue weighted by atomic mass is 10.0. The lowest BCUT2D eigenvalue weighted by Gasteiger charge is -2.13. The van der Waals surface area contributed by atoms with E-state index in [-0.39, 0.29) is 5.91 Å². The van der Waals surface area contributed by atoms with E-state index in [1.165, 1.54) is 7.11 Å². The monoisotopic (exact) mass is 447 g/mol. The van der Waals surface area contributed by atoms with E-state index in [0.29, 0.717) is 33.7 Å². The summed E-state index contributed by atoms with van der Waals surface area (Å²) in [5.74, 6) is 0.212. The third-order valence-electron chi connectivity index (χ3n) is 5.65. The summed E-state index contributed by atoms with van der Waals surface area (Å²) in [5, 5.41) is 3.72. The number of fused-ring (bicyclic) bond motifs is 1. The highest BCUT2D eigenvalue weighted by molar-refractivity contribution is 6.05. The highest BCUT2D eigenvalue weighted by atomic mass is 16.5. The van der Waals surface area contributed by atoms with Crippen LogP contribution in [0.4, 0.5) is 5.69 Å². The summed E-state index contributed by atoms with van der Waals surface area (Å²) in [6.07, 6.45) is 0. The van der Waals surface area contributed by atoms with Crippen molar-refractivity contribution in [2.75, 3.05) is 12.4 Å². The highest BCUT2D eigenvalue weighted by Crippen LogP contribution is 2.31. The van der Waals surface area contributed by atoms with Crippen LogP contribution in [0.3, 0.4) is 0 Å². The number of carbonyl (C=O) groups is 1. The van der Waals surface area contributed by atoms with Gasteiger partial charge in [0.25, 0.3) is 5.91 Å². The number of carbonyl (C=O) groups excluding carboxylic acids is 1. The van der Waals surface area contributed by atoms with Gasteiger partial charge in [-0.25, -0.2) is 4.79 Å². The van der Waals surface area contributed by atoms with Gasteiger partial charge in [0.2, 0.25) is 0 Å². The Balaban J connectivity index is 1.45. The molecule has 34 heavy (non-hydrogen) atoms. The fourth-order valence-corrected chi connectivity index (χ4v) is 3.88. The normalized spacial score (nSPS) is 10.7. The van der Waals surface area contributed by atoms with Gasteiger partial charge >= 0.3 is 5.63 Å². The molecule has 1 amide bonds. The van der Waals surface area contributed by atoms with Gasteiger partial charge in [0.05, 0.1) is 18.4 Å². The Morgan fingerprint density at radius 1 is 0.765 bits per heavy atom. The highest BCUT2D eigenvalue weighted by Gasteiger charge is 2.14. The molecule has 0 bridgehead atoms. The van der Waals surface area contributed by atoms with Crippen LogP contribution in [0.15, 0.2) is 112 Å². The van der Waals surface area contributed by atoms with E-state index in [9.17, 15) is 9.59 Å². The van der Waals surface area contributed by atoms with Crippen LogP contribution in [-0.2, 0) is 0 Å². The summed E-state index contributed by atoms with van der Waals surface area (Å²) in [4.78, 5) is 25.6. The molecule has 0 radical (unpaired) electrons. The zero-order valence-electron chi connectivity index (χ0n) is 18.4. The number of methoxy groups -OCH3 is 1. The minimum atomic E-state index is -0.447. The van der Waals surface area contributed by atoms with Gasteiger partial charge in [0.1, 0.15) is 11.3 Å². The van der Waals surface area contributed by atoms with E-state index < -0.39 is 5.63 Å². The second kappa shape index (κ2) is 9.08. The number of nitrogens with one attached hydrogen (secondary N) is 1. The van der Waals surface area contributed by atoms with Gasteiger partial charge in [-0.05, 0) is 53.1 Å². The predicted octanol–water partition coefficient (Wildman–Crippen LogP) is 6.39. The van der Waals surface area contributed by atoms with Crippen molar-refractivity contribution < 1.29 is 13.9 Å². The molecule has 0 atom stereocenters. The maximum absolute atomic E-state index is 13.0. The Morgan fingerprint density at radius 3 is 2.21 bits per heavy atom. The van der Waals surface area contributed by atoms with Crippen molar-refractivity contribution in [3.63, 3.8) is 0 Å². The second-order valence-electron chi connectivity index (χ2n) is 7.80. The first-order valence-corrected chi connectivity index (χ1v) is 10.8. The molecule has 0 spiro atoms. The third kappa shape index (κ3) is 4.19. The smallest absolute Gasteiger partial charge is 0.344 e. The van der Waals surface area contributed by atoms with Gasteiger partial charge in [0, 0.05) is 10.9 Å². The number of amides is 1. The molecule has 0 aliphatic heterocycles. The largest absolute Gasteiger partial charge is 0.495 e. The lowest BCUT2D eigenvalue weighted by molar-refractivity contribution is 0.102. The van der Waals surface area contributed by atoms with Gasteiger partial charge in [-0.3, -0.25) is 4.79 Å². The van der Waals surface area contributed by atoms with Gasteiger partial charge in [-0.2, -0.15) is 0 Å². The van der Waals surface area contributed by atoms with Gasteiger partial charge in [-0.15, -0.1) is 0 Å². The summed E-state index contributed by atoms with van der Waals surface area (Å²) in [7, 11) is 1.53. The number of ether oxygens (including phenoxy) is 1. The van der Waals surface area contributed by atoms with Crippen molar-refractivity contribution in [3.05, 3.63) is 119 Å². The van der Waals surface area contributed by atoms with Crippen LogP contribution in [-0.4, -0.2) is 13.0 Å². The average Bonchev–Trinajstić information content (AvgIpc) is 2.89. The summed E-state index contributed by atoms with van der Waals surface area (Å²) >= 11 is 0. The van der Waals surface area contributed by atoms with Crippen LogP contribution in [0.1, 0.15) is 10.4 Å². The molecular formula is C29H21NO4. The van der Waals surface area contributed by atoms with Crippen molar-refractivity contribution in [3.8, 4) is 28.0 Å². The van der Waals surface area contributed by atoms with E-state index in [1.54, 1.807) is 42.5 Å². The van der Waals surface area contributed by atoms with E-state index in [2.05, 4.69) is 5.32 Å². The van der Waals surface area contributed by atoms with Crippen LogP contribution in [0, 0.1) is 0 Å². The molecule has 1 N–H and O–H groups in total.